The molecular weight excluding hydrogens is 246 g/mol. The first kappa shape index (κ1) is 15.5. The summed E-state index contributed by atoms with van der Waals surface area (Å²) < 4.78 is 5.99. The van der Waals surface area contributed by atoms with Crippen molar-refractivity contribution >= 4 is 0 Å². The van der Waals surface area contributed by atoms with Crippen molar-refractivity contribution in [2.24, 2.45) is 5.73 Å². The molecule has 0 radical (unpaired) electrons. The molecular formula is C18H29NO. The van der Waals surface area contributed by atoms with E-state index in [0.29, 0.717) is 13.2 Å². The normalized spacial score (nSPS) is 18.8. The summed E-state index contributed by atoms with van der Waals surface area (Å²) in [5.41, 5.74) is 11.7. The minimum absolute atomic E-state index is 0.0942. The maximum absolute atomic E-state index is 6.50. The monoisotopic (exact) mass is 275 g/mol. The predicted octanol–water partition coefficient (Wildman–Crippen LogP) is 4.18. The molecule has 0 atom stereocenters. The molecule has 1 aliphatic carbocycles. The van der Waals surface area contributed by atoms with E-state index >= 15 is 0 Å². The highest BCUT2D eigenvalue weighted by atomic mass is 16.5. The fourth-order valence-electron chi connectivity index (χ4n) is 3.37. The molecule has 20 heavy (non-hydrogen) atoms. The summed E-state index contributed by atoms with van der Waals surface area (Å²) in [6.07, 6.45) is 7.38. The Bertz CT molecular complexity index is 422. The van der Waals surface area contributed by atoms with Gasteiger partial charge in [0.25, 0.3) is 0 Å². The van der Waals surface area contributed by atoms with Crippen LogP contribution in [-0.4, -0.2) is 12.1 Å². The third-order valence-electron chi connectivity index (χ3n) is 4.58. The van der Waals surface area contributed by atoms with Gasteiger partial charge in [0.15, 0.2) is 0 Å². The Morgan fingerprint density at radius 1 is 1.00 bits per heavy atom. The SMILES string of the molecule is Cc1cc(C)c(COCC2(N)CCCCCC2)c(C)c1. The molecule has 0 bridgehead atoms. The molecule has 0 aliphatic heterocycles. The predicted molar refractivity (Wildman–Crippen MR) is 84.9 cm³/mol. The first-order valence-corrected chi connectivity index (χ1v) is 7.93. The lowest BCUT2D eigenvalue weighted by Gasteiger charge is -2.28. The number of rotatable bonds is 4. The van der Waals surface area contributed by atoms with Crippen molar-refractivity contribution < 1.29 is 4.74 Å². The second kappa shape index (κ2) is 6.73. The van der Waals surface area contributed by atoms with Crippen molar-refractivity contribution in [3.05, 3.63) is 34.4 Å². The van der Waals surface area contributed by atoms with E-state index in [1.54, 1.807) is 0 Å². The van der Waals surface area contributed by atoms with Gasteiger partial charge in [-0.05, 0) is 50.3 Å². The van der Waals surface area contributed by atoms with E-state index in [1.807, 2.05) is 0 Å². The highest BCUT2D eigenvalue weighted by molar-refractivity contribution is 5.36. The van der Waals surface area contributed by atoms with Crippen LogP contribution in [0, 0.1) is 20.8 Å². The van der Waals surface area contributed by atoms with E-state index in [0.717, 1.165) is 12.8 Å². The van der Waals surface area contributed by atoms with Gasteiger partial charge in [0.2, 0.25) is 0 Å². The van der Waals surface area contributed by atoms with Gasteiger partial charge in [-0.1, -0.05) is 43.4 Å². The molecule has 2 N–H and O–H groups in total. The molecule has 0 heterocycles. The van der Waals surface area contributed by atoms with E-state index in [-0.39, 0.29) is 5.54 Å². The average molecular weight is 275 g/mol. The van der Waals surface area contributed by atoms with Crippen molar-refractivity contribution in [3.63, 3.8) is 0 Å². The highest BCUT2D eigenvalue weighted by Gasteiger charge is 2.26. The van der Waals surface area contributed by atoms with Crippen molar-refractivity contribution in [1.82, 2.24) is 0 Å². The zero-order valence-electron chi connectivity index (χ0n) is 13.3. The molecule has 2 rings (SSSR count). The van der Waals surface area contributed by atoms with Crippen LogP contribution in [0.2, 0.25) is 0 Å². The summed E-state index contributed by atoms with van der Waals surface area (Å²) in [6.45, 7) is 7.87. The van der Waals surface area contributed by atoms with E-state index < -0.39 is 0 Å². The van der Waals surface area contributed by atoms with Crippen LogP contribution in [0.3, 0.4) is 0 Å². The Balaban J connectivity index is 1.92. The van der Waals surface area contributed by atoms with Crippen molar-refractivity contribution in [3.8, 4) is 0 Å². The summed E-state index contributed by atoms with van der Waals surface area (Å²) in [7, 11) is 0. The van der Waals surface area contributed by atoms with Gasteiger partial charge in [-0.25, -0.2) is 0 Å². The summed E-state index contributed by atoms with van der Waals surface area (Å²) in [5.74, 6) is 0. The summed E-state index contributed by atoms with van der Waals surface area (Å²) >= 11 is 0. The second-order valence-electron chi connectivity index (χ2n) is 6.65. The van der Waals surface area contributed by atoms with Crippen molar-refractivity contribution in [2.45, 2.75) is 71.4 Å². The fourth-order valence-corrected chi connectivity index (χ4v) is 3.37. The van der Waals surface area contributed by atoms with Gasteiger partial charge in [0.05, 0.1) is 13.2 Å². The topological polar surface area (TPSA) is 35.2 Å². The van der Waals surface area contributed by atoms with Gasteiger partial charge in [0, 0.05) is 5.54 Å². The van der Waals surface area contributed by atoms with Crippen LogP contribution in [0.1, 0.15) is 60.8 Å². The second-order valence-corrected chi connectivity index (χ2v) is 6.65. The standard InChI is InChI=1S/C18H29NO/c1-14-10-15(2)17(16(3)11-14)12-20-13-18(19)8-6-4-5-7-9-18/h10-11H,4-9,12-13,19H2,1-3H3. The Morgan fingerprint density at radius 3 is 2.10 bits per heavy atom. The van der Waals surface area contributed by atoms with Crippen LogP contribution < -0.4 is 5.73 Å². The van der Waals surface area contributed by atoms with Gasteiger partial charge in [-0.3, -0.25) is 0 Å². The third kappa shape index (κ3) is 4.07. The molecule has 0 amide bonds. The smallest absolute Gasteiger partial charge is 0.0722 e. The lowest BCUT2D eigenvalue weighted by molar-refractivity contribution is 0.0662. The van der Waals surface area contributed by atoms with E-state index in [9.17, 15) is 0 Å². The molecule has 0 saturated heterocycles. The van der Waals surface area contributed by atoms with E-state index in [1.165, 1.54) is 47.9 Å². The molecule has 2 heteroatoms. The molecule has 1 aromatic carbocycles. The summed E-state index contributed by atoms with van der Waals surface area (Å²) in [4.78, 5) is 0. The maximum atomic E-state index is 6.50. The minimum atomic E-state index is -0.0942. The Kier molecular flexibility index (Phi) is 5.22. The van der Waals surface area contributed by atoms with E-state index in [4.69, 9.17) is 10.5 Å². The summed E-state index contributed by atoms with van der Waals surface area (Å²) in [6, 6.07) is 4.46. The van der Waals surface area contributed by atoms with E-state index in [2.05, 4.69) is 32.9 Å². The number of hydrogen-bond acceptors (Lipinski definition) is 2. The largest absolute Gasteiger partial charge is 0.375 e. The molecule has 1 aromatic rings. The first-order valence-electron chi connectivity index (χ1n) is 7.93. The van der Waals surface area contributed by atoms with Crippen molar-refractivity contribution in [2.75, 3.05) is 6.61 Å². The zero-order valence-corrected chi connectivity index (χ0v) is 13.3. The van der Waals surface area contributed by atoms with Gasteiger partial charge in [-0.2, -0.15) is 0 Å². The zero-order chi connectivity index (χ0) is 14.6. The first-order chi connectivity index (χ1) is 9.50. The van der Waals surface area contributed by atoms with Crippen LogP contribution in [0.4, 0.5) is 0 Å². The maximum Gasteiger partial charge on any atom is 0.0722 e. The molecule has 1 fully saturated rings. The Morgan fingerprint density at radius 2 is 1.55 bits per heavy atom. The van der Waals surface area contributed by atoms with Crippen LogP contribution in [-0.2, 0) is 11.3 Å². The molecule has 1 aliphatic rings. The number of aryl methyl sites for hydroxylation is 3. The molecule has 2 nitrogen and oxygen atoms in total. The lowest BCUT2D eigenvalue weighted by atomic mass is 9.92. The van der Waals surface area contributed by atoms with Gasteiger partial charge in [-0.15, -0.1) is 0 Å². The Labute approximate surface area is 123 Å². The molecule has 0 unspecified atom stereocenters. The molecule has 0 aromatic heterocycles. The van der Waals surface area contributed by atoms with Crippen LogP contribution in [0.15, 0.2) is 12.1 Å². The molecule has 0 spiro atoms. The fraction of sp³-hybridized carbons (Fsp3) is 0.667. The van der Waals surface area contributed by atoms with Crippen LogP contribution in [0.25, 0.3) is 0 Å². The lowest BCUT2D eigenvalue weighted by Crippen LogP contribution is -2.43. The quantitative estimate of drug-likeness (QED) is 0.837. The third-order valence-corrected chi connectivity index (χ3v) is 4.58. The van der Waals surface area contributed by atoms with Crippen LogP contribution >= 0.6 is 0 Å². The number of hydrogen-bond donors (Lipinski definition) is 1. The molecule has 112 valence electrons. The van der Waals surface area contributed by atoms with Crippen LogP contribution in [0.5, 0.6) is 0 Å². The van der Waals surface area contributed by atoms with Gasteiger partial charge in [0.1, 0.15) is 0 Å². The summed E-state index contributed by atoms with van der Waals surface area (Å²) in [5, 5.41) is 0. The van der Waals surface area contributed by atoms with Gasteiger partial charge >= 0.3 is 0 Å². The van der Waals surface area contributed by atoms with Gasteiger partial charge < -0.3 is 10.5 Å². The number of nitrogens with two attached hydrogens (primary N) is 1. The number of ether oxygens (including phenoxy) is 1. The molecule has 1 saturated carbocycles. The Hall–Kier alpha value is -0.860. The number of benzene rings is 1. The highest BCUT2D eigenvalue weighted by Crippen LogP contribution is 2.26. The van der Waals surface area contributed by atoms with Crippen molar-refractivity contribution in [1.29, 1.82) is 0 Å². The minimum Gasteiger partial charge on any atom is -0.375 e. The average Bonchev–Trinajstić information content (AvgIpc) is 2.58.